The number of halogens is 2. The van der Waals surface area contributed by atoms with Gasteiger partial charge in [0.05, 0.1) is 0 Å². The lowest BCUT2D eigenvalue weighted by molar-refractivity contribution is -0.0562. The molecule has 4 heteroatoms. The number of rotatable bonds is 3. The molecule has 1 atom stereocenters. The Labute approximate surface area is 69.2 Å². The maximum Gasteiger partial charge on any atom is 0.271 e. The van der Waals surface area contributed by atoms with Gasteiger partial charge in [0.25, 0.3) is 5.92 Å². The van der Waals surface area contributed by atoms with Crippen molar-refractivity contribution >= 4 is 11.8 Å². The van der Waals surface area contributed by atoms with Crippen LogP contribution in [0.25, 0.3) is 0 Å². The summed E-state index contributed by atoms with van der Waals surface area (Å²) in [5.74, 6) is -1.87. The molecule has 0 aromatic carbocycles. The maximum absolute atomic E-state index is 12.5. The van der Waals surface area contributed by atoms with E-state index in [0.29, 0.717) is 0 Å². The van der Waals surface area contributed by atoms with E-state index in [0.717, 1.165) is 18.6 Å². The Kier molecular flexibility index (Phi) is 3.13. The Bertz CT molecular complexity index is 124. The molecule has 0 amide bonds. The third-order valence-electron chi connectivity index (χ3n) is 1.78. The van der Waals surface area contributed by atoms with Crippen LogP contribution in [0.1, 0.15) is 19.3 Å². The van der Waals surface area contributed by atoms with Crippen LogP contribution in [0.2, 0.25) is 0 Å². The summed E-state index contributed by atoms with van der Waals surface area (Å²) in [6, 6.07) is 0. The van der Waals surface area contributed by atoms with Crippen LogP contribution >= 0.6 is 11.8 Å². The monoisotopic (exact) mass is 182 g/mol. The summed E-state index contributed by atoms with van der Waals surface area (Å²) < 4.78 is 25.1. The van der Waals surface area contributed by atoms with Crippen molar-refractivity contribution in [1.82, 2.24) is 0 Å². The van der Waals surface area contributed by atoms with Crippen molar-refractivity contribution in [2.45, 2.75) is 30.4 Å². The molecule has 1 unspecified atom stereocenters. The minimum absolute atomic E-state index is 0.0668. The van der Waals surface area contributed by atoms with Crippen LogP contribution in [0, 0.1) is 0 Å². The molecule has 1 aliphatic heterocycles. The van der Waals surface area contributed by atoms with Gasteiger partial charge < -0.3 is 5.11 Å². The number of aliphatic hydroxyl groups excluding tert-OH is 1. The Morgan fingerprint density at radius 2 is 2.27 bits per heavy atom. The molecular weight excluding hydrogens is 170 g/mol. The fourth-order valence-corrected chi connectivity index (χ4v) is 2.56. The normalized spacial score (nSPS) is 25.9. The minimum Gasteiger partial charge on any atom is -0.390 e. The highest BCUT2D eigenvalue weighted by Gasteiger charge is 2.33. The van der Waals surface area contributed by atoms with Crippen LogP contribution < -0.4 is 0 Å². The first kappa shape index (κ1) is 9.26. The van der Waals surface area contributed by atoms with E-state index in [4.69, 9.17) is 5.11 Å². The summed E-state index contributed by atoms with van der Waals surface area (Å²) in [7, 11) is 0. The Morgan fingerprint density at radius 3 is 2.73 bits per heavy atom. The quantitative estimate of drug-likeness (QED) is 0.719. The zero-order valence-electron chi connectivity index (χ0n) is 6.22. The molecule has 1 nitrogen and oxygen atoms in total. The van der Waals surface area contributed by atoms with Gasteiger partial charge in [-0.25, -0.2) is 8.78 Å². The smallest absolute Gasteiger partial charge is 0.271 e. The van der Waals surface area contributed by atoms with Crippen molar-refractivity contribution < 1.29 is 13.9 Å². The molecule has 0 spiro atoms. The topological polar surface area (TPSA) is 20.2 Å². The summed E-state index contributed by atoms with van der Waals surface area (Å²) in [5.41, 5.74) is 0. The van der Waals surface area contributed by atoms with E-state index in [9.17, 15) is 8.78 Å². The molecule has 0 aromatic rings. The number of hydrogen-bond donors (Lipinski definition) is 1. The van der Waals surface area contributed by atoms with Crippen LogP contribution in [0.15, 0.2) is 0 Å². The summed E-state index contributed by atoms with van der Waals surface area (Å²) in [5, 5.41) is 8.36. The van der Waals surface area contributed by atoms with E-state index in [1.54, 1.807) is 11.8 Å². The number of aliphatic hydroxyl groups is 1. The van der Waals surface area contributed by atoms with Gasteiger partial charge in [-0.2, -0.15) is 11.8 Å². The summed E-state index contributed by atoms with van der Waals surface area (Å²) in [6.45, 7) is -1.01. The lowest BCUT2D eigenvalue weighted by Crippen LogP contribution is -2.25. The summed E-state index contributed by atoms with van der Waals surface area (Å²) >= 11 is 1.59. The molecule has 0 bridgehead atoms. The summed E-state index contributed by atoms with van der Waals surface area (Å²) in [6.07, 6.45) is 1.76. The van der Waals surface area contributed by atoms with Crippen molar-refractivity contribution in [3.63, 3.8) is 0 Å². The molecular formula is C7H12F2OS. The number of thioether (sulfide) groups is 1. The van der Waals surface area contributed by atoms with Crippen LogP contribution in [0.3, 0.4) is 0 Å². The van der Waals surface area contributed by atoms with Gasteiger partial charge in [-0.1, -0.05) is 0 Å². The lowest BCUT2D eigenvalue weighted by atomic mass is 10.1. The Balaban J connectivity index is 2.28. The van der Waals surface area contributed by atoms with E-state index >= 15 is 0 Å². The second-order valence-corrected chi connectivity index (χ2v) is 4.26. The van der Waals surface area contributed by atoms with Crippen LogP contribution in [0.4, 0.5) is 8.78 Å². The number of hydrogen-bond acceptors (Lipinski definition) is 2. The molecule has 0 saturated carbocycles. The van der Waals surface area contributed by atoms with Crippen molar-refractivity contribution in [2.75, 3.05) is 12.4 Å². The molecule has 66 valence electrons. The van der Waals surface area contributed by atoms with E-state index in [1.807, 2.05) is 0 Å². The fourth-order valence-electron chi connectivity index (χ4n) is 1.20. The van der Waals surface area contributed by atoms with Crippen LogP contribution in [0.5, 0.6) is 0 Å². The van der Waals surface area contributed by atoms with Crippen molar-refractivity contribution in [1.29, 1.82) is 0 Å². The van der Waals surface area contributed by atoms with E-state index in [-0.39, 0.29) is 11.7 Å². The summed E-state index contributed by atoms with van der Waals surface area (Å²) in [4.78, 5) is 0. The zero-order chi connectivity index (χ0) is 8.32. The zero-order valence-corrected chi connectivity index (χ0v) is 7.04. The first-order valence-electron chi connectivity index (χ1n) is 3.74. The van der Waals surface area contributed by atoms with Gasteiger partial charge in [-0.05, 0) is 18.6 Å². The van der Waals surface area contributed by atoms with E-state index < -0.39 is 12.5 Å². The highest BCUT2D eigenvalue weighted by Crippen LogP contribution is 2.34. The lowest BCUT2D eigenvalue weighted by Gasteiger charge is -2.16. The van der Waals surface area contributed by atoms with Gasteiger partial charge >= 0.3 is 0 Å². The predicted octanol–water partition coefficient (Wildman–Crippen LogP) is 1.90. The van der Waals surface area contributed by atoms with Crippen LogP contribution in [-0.4, -0.2) is 28.6 Å². The van der Waals surface area contributed by atoms with Crippen molar-refractivity contribution in [3.8, 4) is 0 Å². The minimum atomic E-state index is -2.86. The third kappa shape index (κ3) is 2.95. The molecule has 1 saturated heterocycles. The van der Waals surface area contributed by atoms with Gasteiger partial charge in [-0.3, -0.25) is 0 Å². The predicted molar refractivity (Wildman–Crippen MR) is 42.1 cm³/mol. The maximum atomic E-state index is 12.5. The SMILES string of the molecule is OCC(F)(F)CC1CCCS1. The van der Waals surface area contributed by atoms with Gasteiger partial charge in [0, 0.05) is 11.7 Å². The molecule has 0 radical (unpaired) electrons. The number of alkyl halides is 2. The average molecular weight is 182 g/mol. The third-order valence-corrected chi connectivity index (χ3v) is 3.18. The van der Waals surface area contributed by atoms with Crippen LogP contribution in [-0.2, 0) is 0 Å². The van der Waals surface area contributed by atoms with Gasteiger partial charge in [0.15, 0.2) is 0 Å². The molecule has 1 rings (SSSR count). The highest BCUT2D eigenvalue weighted by molar-refractivity contribution is 8.00. The highest BCUT2D eigenvalue weighted by atomic mass is 32.2. The van der Waals surface area contributed by atoms with Crippen molar-refractivity contribution in [2.24, 2.45) is 0 Å². The molecule has 1 heterocycles. The van der Waals surface area contributed by atoms with E-state index in [2.05, 4.69) is 0 Å². The molecule has 1 N–H and O–H groups in total. The van der Waals surface area contributed by atoms with Gasteiger partial charge in [0.1, 0.15) is 6.61 Å². The first-order valence-corrected chi connectivity index (χ1v) is 4.79. The standard InChI is InChI=1S/C7H12F2OS/c8-7(9,5-10)4-6-2-1-3-11-6/h6,10H,1-5H2. The van der Waals surface area contributed by atoms with Gasteiger partial charge in [0.2, 0.25) is 0 Å². The molecule has 0 aliphatic carbocycles. The second kappa shape index (κ2) is 3.72. The van der Waals surface area contributed by atoms with Gasteiger partial charge in [-0.15, -0.1) is 0 Å². The second-order valence-electron chi connectivity index (χ2n) is 2.85. The molecule has 1 aliphatic rings. The fraction of sp³-hybridized carbons (Fsp3) is 1.00. The Morgan fingerprint density at radius 1 is 1.55 bits per heavy atom. The molecule has 0 aromatic heterocycles. The first-order chi connectivity index (χ1) is 5.14. The van der Waals surface area contributed by atoms with Crippen molar-refractivity contribution in [3.05, 3.63) is 0 Å². The largest absolute Gasteiger partial charge is 0.390 e. The molecule has 1 fully saturated rings. The van der Waals surface area contributed by atoms with E-state index in [1.165, 1.54) is 0 Å². The average Bonchev–Trinajstić information content (AvgIpc) is 2.39. The Hall–Kier alpha value is 0.170. The molecule has 11 heavy (non-hydrogen) atoms.